The summed E-state index contributed by atoms with van der Waals surface area (Å²) in [6, 6.07) is 14.4. The molecule has 0 bridgehead atoms. The van der Waals surface area contributed by atoms with Crippen LogP contribution in [0.15, 0.2) is 76.4 Å². The summed E-state index contributed by atoms with van der Waals surface area (Å²) in [5.41, 5.74) is 0.333. The summed E-state index contributed by atoms with van der Waals surface area (Å²) in [7, 11) is -3.93. The first-order chi connectivity index (χ1) is 12.0. The summed E-state index contributed by atoms with van der Waals surface area (Å²) in [4.78, 5) is 15.8. The molecule has 0 fully saturated rings. The number of hydrogen-bond donors (Lipinski definition) is 0. The molecule has 2 heterocycles. The maximum absolute atomic E-state index is 13.2. The molecule has 0 radical (unpaired) electrons. The summed E-state index contributed by atoms with van der Waals surface area (Å²) in [6.45, 7) is 1.39. The average molecular weight is 356 g/mol. The van der Waals surface area contributed by atoms with Crippen LogP contribution in [0.4, 0.5) is 5.82 Å². The van der Waals surface area contributed by atoms with Crippen molar-refractivity contribution in [1.29, 1.82) is 0 Å². The molecule has 0 saturated heterocycles. The van der Waals surface area contributed by atoms with Crippen molar-refractivity contribution >= 4 is 21.6 Å². The molecule has 3 aromatic rings. The molecule has 0 aliphatic carbocycles. The number of aromatic nitrogens is 1. The Kier molecular flexibility index (Phi) is 4.67. The highest BCUT2D eigenvalue weighted by Crippen LogP contribution is 2.25. The lowest BCUT2D eigenvalue weighted by atomic mass is 10.2. The van der Waals surface area contributed by atoms with Gasteiger partial charge in [0.15, 0.2) is 5.78 Å². The van der Waals surface area contributed by atoms with Crippen LogP contribution in [0.25, 0.3) is 0 Å². The third-order valence-electron chi connectivity index (χ3n) is 3.61. The van der Waals surface area contributed by atoms with Crippen LogP contribution in [0.5, 0.6) is 0 Å². The van der Waals surface area contributed by atoms with E-state index in [1.54, 1.807) is 42.5 Å². The summed E-state index contributed by atoms with van der Waals surface area (Å²) >= 11 is 0. The van der Waals surface area contributed by atoms with Crippen LogP contribution < -0.4 is 4.31 Å². The standard InChI is InChI=1S/C18H16N2O4S/c1-14(21)15-6-4-8-17(12-15)25(22,23)20(13-16-7-5-11-24-16)18-9-2-3-10-19-18/h2-12H,13H2,1H3. The van der Waals surface area contributed by atoms with Crippen LogP contribution in [0.3, 0.4) is 0 Å². The van der Waals surface area contributed by atoms with Gasteiger partial charge in [0.25, 0.3) is 10.0 Å². The van der Waals surface area contributed by atoms with E-state index in [1.807, 2.05) is 0 Å². The largest absolute Gasteiger partial charge is 0.467 e. The Morgan fingerprint density at radius 3 is 2.60 bits per heavy atom. The van der Waals surface area contributed by atoms with Gasteiger partial charge in [0.1, 0.15) is 11.6 Å². The molecule has 0 N–H and O–H groups in total. The van der Waals surface area contributed by atoms with E-state index in [0.29, 0.717) is 11.3 Å². The smallest absolute Gasteiger partial charge is 0.265 e. The summed E-state index contributed by atoms with van der Waals surface area (Å²) < 4.78 is 32.8. The van der Waals surface area contributed by atoms with Crippen molar-refractivity contribution < 1.29 is 17.6 Å². The van der Waals surface area contributed by atoms with Crippen molar-refractivity contribution in [3.63, 3.8) is 0 Å². The van der Waals surface area contributed by atoms with Crippen LogP contribution >= 0.6 is 0 Å². The lowest BCUT2D eigenvalue weighted by Gasteiger charge is -2.22. The third-order valence-corrected chi connectivity index (χ3v) is 5.36. The second kappa shape index (κ2) is 6.90. The number of hydrogen-bond acceptors (Lipinski definition) is 5. The fraction of sp³-hybridized carbons (Fsp3) is 0.111. The second-order valence-electron chi connectivity index (χ2n) is 5.36. The molecule has 3 rings (SSSR count). The number of sulfonamides is 1. The van der Waals surface area contributed by atoms with Gasteiger partial charge in [0.05, 0.1) is 17.7 Å². The van der Waals surface area contributed by atoms with Crippen molar-refractivity contribution in [2.45, 2.75) is 18.4 Å². The summed E-state index contributed by atoms with van der Waals surface area (Å²) in [5, 5.41) is 0. The highest BCUT2D eigenvalue weighted by molar-refractivity contribution is 7.92. The summed E-state index contributed by atoms with van der Waals surface area (Å²) in [6.07, 6.45) is 3.00. The zero-order valence-corrected chi connectivity index (χ0v) is 14.3. The molecular weight excluding hydrogens is 340 g/mol. The van der Waals surface area contributed by atoms with Crippen molar-refractivity contribution in [2.24, 2.45) is 0 Å². The number of nitrogens with zero attached hydrogens (tertiary/aromatic N) is 2. The Morgan fingerprint density at radius 1 is 1.12 bits per heavy atom. The van der Waals surface area contributed by atoms with Crippen LogP contribution in [-0.4, -0.2) is 19.2 Å². The topological polar surface area (TPSA) is 80.5 Å². The average Bonchev–Trinajstić information content (AvgIpc) is 3.13. The van der Waals surface area contributed by atoms with E-state index in [-0.39, 0.29) is 23.0 Å². The van der Waals surface area contributed by atoms with Crippen molar-refractivity contribution in [2.75, 3.05) is 4.31 Å². The van der Waals surface area contributed by atoms with Gasteiger partial charge in [-0.1, -0.05) is 18.2 Å². The fourth-order valence-corrected chi connectivity index (χ4v) is 3.77. The number of benzene rings is 1. The Labute approximate surface area is 145 Å². The third kappa shape index (κ3) is 3.61. The Bertz CT molecular complexity index is 967. The van der Waals surface area contributed by atoms with Crippen molar-refractivity contribution in [1.82, 2.24) is 4.98 Å². The van der Waals surface area contributed by atoms with Crippen LogP contribution in [0.1, 0.15) is 23.0 Å². The van der Waals surface area contributed by atoms with Crippen molar-refractivity contribution in [3.05, 3.63) is 78.4 Å². The van der Waals surface area contributed by atoms with E-state index in [1.165, 1.54) is 31.5 Å². The molecular formula is C18H16N2O4S. The quantitative estimate of drug-likeness (QED) is 0.633. The van der Waals surface area contributed by atoms with Gasteiger partial charge < -0.3 is 4.42 Å². The van der Waals surface area contributed by atoms with Crippen LogP contribution in [0.2, 0.25) is 0 Å². The first kappa shape index (κ1) is 16.9. The lowest BCUT2D eigenvalue weighted by molar-refractivity contribution is 0.101. The molecule has 6 nitrogen and oxygen atoms in total. The van der Waals surface area contributed by atoms with Gasteiger partial charge in [0.2, 0.25) is 0 Å². The number of Topliss-reactive ketones (excluding diaryl/α,β-unsaturated/α-hetero) is 1. The first-order valence-electron chi connectivity index (χ1n) is 7.55. The molecule has 0 atom stereocenters. The van der Waals surface area contributed by atoms with Gasteiger partial charge in [0, 0.05) is 11.8 Å². The number of rotatable bonds is 6. The molecule has 128 valence electrons. The minimum absolute atomic E-state index is 0.00333. The maximum atomic E-state index is 13.2. The van der Waals surface area contributed by atoms with Crippen LogP contribution in [0, 0.1) is 0 Å². The van der Waals surface area contributed by atoms with Gasteiger partial charge in [-0.3, -0.25) is 4.79 Å². The minimum atomic E-state index is -3.93. The molecule has 0 unspecified atom stereocenters. The van der Waals surface area contributed by atoms with E-state index in [2.05, 4.69) is 4.98 Å². The molecule has 0 saturated carbocycles. The predicted octanol–water partition coefficient (Wildman–Crippen LogP) is 3.27. The maximum Gasteiger partial charge on any atom is 0.265 e. The molecule has 2 aromatic heterocycles. The number of pyridine rings is 1. The first-order valence-corrected chi connectivity index (χ1v) is 8.99. The molecule has 0 amide bonds. The van der Waals surface area contributed by atoms with E-state index in [0.717, 1.165) is 4.31 Å². The van der Waals surface area contributed by atoms with Gasteiger partial charge in [-0.15, -0.1) is 0 Å². The molecule has 0 spiro atoms. The SMILES string of the molecule is CC(=O)c1cccc(S(=O)(=O)N(Cc2ccco2)c2ccccn2)c1. The molecule has 0 aliphatic heterocycles. The fourth-order valence-electron chi connectivity index (χ4n) is 2.34. The number of anilines is 1. The Hall–Kier alpha value is -2.93. The lowest BCUT2D eigenvalue weighted by Crippen LogP contribution is -2.31. The van der Waals surface area contributed by atoms with Crippen LogP contribution in [-0.2, 0) is 16.6 Å². The Morgan fingerprint density at radius 2 is 1.96 bits per heavy atom. The summed E-state index contributed by atoms with van der Waals surface area (Å²) in [5.74, 6) is 0.552. The Balaban J connectivity index is 2.08. The van der Waals surface area contributed by atoms with E-state index in [4.69, 9.17) is 4.42 Å². The highest BCUT2D eigenvalue weighted by atomic mass is 32.2. The van der Waals surface area contributed by atoms with Gasteiger partial charge in [-0.05, 0) is 43.3 Å². The van der Waals surface area contributed by atoms with Gasteiger partial charge in [-0.25, -0.2) is 17.7 Å². The number of furan rings is 1. The monoisotopic (exact) mass is 356 g/mol. The number of carbonyl (C=O) groups is 1. The second-order valence-corrected chi connectivity index (χ2v) is 7.23. The zero-order chi connectivity index (χ0) is 17.9. The minimum Gasteiger partial charge on any atom is -0.467 e. The number of carbonyl (C=O) groups excluding carboxylic acids is 1. The van der Waals surface area contributed by atoms with E-state index in [9.17, 15) is 13.2 Å². The normalized spacial score (nSPS) is 11.2. The number of ketones is 1. The molecule has 1 aromatic carbocycles. The highest BCUT2D eigenvalue weighted by Gasteiger charge is 2.27. The molecule has 25 heavy (non-hydrogen) atoms. The van der Waals surface area contributed by atoms with E-state index < -0.39 is 10.0 Å². The van der Waals surface area contributed by atoms with Gasteiger partial charge >= 0.3 is 0 Å². The molecule has 0 aliphatic rings. The van der Waals surface area contributed by atoms with Gasteiger partial charge in [-0.2, -0.15) is 0 Å². The molecule has 7 heteroatoms. The zero-order valence-electron chi connectivity index (χ0n) is 13.5. The predicted molar refractivity (Wildman–Crippen MR) is 92.8 cm³/mol. The van der Waals surface area contributed by atoms with Crippen molar-refractivity contribution in [3.8, 4) is 0 Å². The van der Waals surface area contributed by atoms with E-state index >= 15 is 0 Å².